The van der Waals surface area contributed by atoms with Crippen molar-refractivity contribution < 1.29 is 4.79 Å². The van der Waals surface area contributed by atoms with Crippen LogP contribution in [0.3, 0.4) is 0 Å². The minimum absolute atomic E-state index is 0.204. The molecule has 0 fully saturated rings. The van der Waals surface area contributed by atoms with E-state index in [1.807, 2.05) is 6.92 Å². The second kappa shape index (κ2) is 7.80. The van der Waals surface area contributed by atoms with Gasteiger partial charge in [0.25, 0.3) is 0 Å². The fourth-order valence-corrected chi connectivity index (χ4v) is 1.77. The van der Waals surface area contributed by atoms with E-state index in [-0.39, 0.29) is 11.9 Å². The van der Waals surface area contributed by atoms with Crippen LogP contribution in [-0.4, -0.2) is 18.0 Å². The standard InChI is InChI=1S/C11H24N2O/c1-4-6-10(7-5-2)13-9(3)8-11(12)14/h9-10,13H,4-8H2,1-3H3,(H2,12,14). The molecular weight excluding hydrogens is 176 g/mol. The molecule has 0 aliphatic rings. The molecule has 0 spiro atoms. The van der Waals surface area contributed by atoms with Crippen LogP contribution >= 0.6 is 0 Å². The van der Waals surface area contributed by atoms with E-state index in [0.29, 0.717) is 12.5 Å². The minimum atomic E-state index is -0.225. The lowest BCUT2D eigenvalue weighted by Gasteiger charge is -2.21. The van der Waals surface area contributed by atoms with Gasteiger partial charge in [-0.1, -0.05) is 26.7 Å². The monoisotopic (exact) mass is 200 g/mol. The number of carbonyl (C=O) groups excluding carboxylic acids is 1. The summed E-state index contributed by atoms with van der Waals surface area (Å²) in [5, 5.41) is 3.45. The first-order valence-electron chi connectivity index (χ1n) is 5.64. The molecule has 3 nitrogen and oxygen atoms in total. The second-order valence-electron chi connectivity index (χ2n) is 4.01. The maximum Gasteiger partial charge on any atom is 0.218 e. The first-order chi connectivity index (χ1) is 6.60. The van der Waals surface area contributed by atoms with Gasteiger partial charge < -0.3 is 11.1 Å². The predicted molar refractivity (Wildman–Crippen MR) is 60.0 cm³/mol. The molecule has 3 N–H and O–H groups in total. The number of amides is 1. The molecular formula is C11H24N2O. The summed E-state index contributed by atoms with van der Waals surface area (Å²) in [6, 6.07) is 0.745. The zero-order valence-corrected chi connectivity index (χ0v) is 9.68. The van der Waals surface area contributed by atoms with E-state index in [1.165, 1.54) is 25.7 Å². The first-order valence-corrected chi connectivity index (χ1v) is 5.64. The molecule has 0 aromatic carbocycles. The van der Waals surface area contributed by atoms with E-state index in [9.17, 15) is 4.79 Å². The lowest BCUT2D eigenvalue weighted by molar-refractivity contribution is -0.118. The fraction of sp³-hybridized carbons (Fsp3) is 0.909. The van der Waals surface area contributed by atoms with Gasteiger partial charge in [-0.3, -0.25) is 4.79 Å². The number of nitrogens with two attached hydrogens (primary N) is 1. The molecule has 1 atom stereocenters. The highest BCUT2D eigenvalue weighted by molar-refractivity contribution is 5.74. The summed E-state index contributed by atoms with van der Waals surface area (Å²) in [5.41, 5.74) is 5.14. The molecule has 1 unspecified atom stereocenters. The van der Waals surface area contributed by atoms with Crippen molar-refractivity contribution in [3.8, 4) is 0 Å². The molecule has 0 aromatic heterocycles. The Morgan fingerprint density at radius 3 is 2.14 bits per heavy atom. The quantitative estimate of drug-likeness (QED) is 0.628. The van der Waals surface area contributed by atoms with Crippen molar-refractivity contribution in [2.45, 2.75) is 65.0 Å². The summed E-state index contributed by atoms with van der Waals surface area (Å²) in [4.78, 5) is 10.7. The Labute approximate surface area is 87.4 Å². The topological polar surface area (TPSA) is 55.1 Å². The number of carbonyl (C=O) groups is 1. The van der Waals surface area contributed by atoms with Crippen molar-refractivity contribution in [1.29, 1.82) is 0 Å². The van der Waals surface area contributed by atoms with Crippen LogP contribution in [0.5, 0.6) is 0 Å². The molecule has 14 heavy (non-hydrogen) atoms. The van der Waals surface area contributed by atoms with E-state index in [2.05, 4.69) is 19.2 Å². The second-order valence-corrected chi connectivity index (χ2v) is 4.01. The zero-order valence-electron chi connectivity index (χ0n) is 9.68. The highest BCUT2D eigenvalue weighted by atomic mass is 16.1. The van der Waals surface area contributed by atoms with E-state index in [0.717, 1.165) is 0 Å². The molecule has 0 heterocycles. The maximum atomic E-state index is 10.7. The van der Waals surface area contributed by atoms with Crippen molar-refractivity contribution >= 4 is 5.91 Å². The van der Waals surface area contributed by atoms with Gasteiger partial charge in [-0.25, -0.2) is 0 Å². The molecule has 0 saturated heterocycles. The molecule has 0 aliphatic carbocycles. The van der Waals surface area contributed by atoms with Crippen molar-refractivity contribution in [1.82, 2.24) is 5.32 Å². The average Bonchev–Trinajstić information content (AvgIpc) is 2.03. The Balaban J connectivity index is 3.81. The number of rotatable bonds is 8. The highest BCUT2D eigenvalue weighted by Gasteiger charge is 2.11. The van der Waals surface area contributed by atoms with Crippen LogP contribution in [0.15, 0.2) is 0 Å². The Morgan fingerprint density at radius 1 is 1.29 bits per heavy atom. The molecule has 3 heteroatoms. The van der Waals surface area contributed by atoms with Gasteiger partial charge in [-0.2, -0.15) is 0 Å². The smallest absolute Gasteiger partial charge is 0.218 e. The van der Waals surface area contributed by atoms with Gasteiger partial charge in [0.1, 0.15) is 0 Å². The maximum absolute atomic E-state index is 10.7. The Bertz CT molecular complexity index is 153. The third-order valence-electron chi connectivity index (χ3n) is 2.30. The third-order valence-corrected chi connectivity index (χ3v) is 2.30. The van der Waals surface area contributed by atoms with Gasteiger partial charge >= 0.3 is 0 Å². The van der Waals surface area contributed by atoms with Crippen LogP contribution in [0.2, 0.25) is 0 Å². The molecule has 0 saturated carbocycles. The van der Waals surface area contributed by atoms with Crippen LogP contribution < -0.4 is 11.1 Å². The van der Waals surface area contributed by atoms with Gasteiger partial charge in [-0.15, -0.1) is 0 Å². The summed E-state index contributed by atoms with van der Waals surface area (Å²) >= 11 is 0. The van der Waals surface area contributed by atoms with Gasteiger partial charge in [0, 0.05) is 18.5 Å². The van der Waals surface area contributed by atoms with Crippen molar-refractivity contribution in [3.63, 3.8) is 0 Å². The summed E-state index contributed by atoms with van der Waals surface area (Å²) in [6.07, 6.45) is 5.15. The van der Waals surface area contributed by atoms with Crippen LogP contribution in [-0.2, 0) is 4.79 Å². The zero-order chi connectivity index (χ0) is 11.0. The minimum Gasteiger partial charge on any atom is -0.370 e. The Hall–Kier alpha value is -0.570. The molecule has 0 bridgehead atoms. The number of nitrogens with one attached hydrogen (secondary N) is 1. The number of hydrogen-bond donors (Lipinski definition) is 2. The van der Waals surface area contributed by atoms with Gasteiger partial charge in [-0.05, 0) is 19.8 Å². The Morgan fingerprint density at radius 2 is 1.79 bits per heavy atom. The lowest BCUT2D eigenvalue weighted by Crippen LogP contribution is -2.38. The Kier molecular flexibility index (Phi) is 7.48. The van der Waals surface area contributed by atoms with Crippen molar-refractivity contribution in [2.75, 3.05) is 0 Å². The SMILES string of the molecule is CCCC(CCC)NC(C)CC(N)=O. The van der Waals surface area contributed by atoms with Crippen LogP contribution in [0, 0.1) is 0 Å². The number of hydrogen-bond acceptors (Lipinski definition) is 2. The molecule has 84 valence electrons. The molecule has 0 radical (unpaired) electrons. The number of primary amides is 1. The van der Waals surface area contributed by atoms with Crippen molar-refractivity contribution in [2.24, 2.45) is 5.73 Å². The normalized spacial score (nSPS) is 13.1. The van der Waals surface area contributed by atoms with E-state index in [4.69, 9.17) is 5.73 Å². The molecule has 0 aliphatic heterocycles. The highest BCUT2D eigenvalue weighted by Crippen LogP contribution is 2.06. The van der Waals surface area contributed by atoms with Crippen LogP contribution in [0.25, 0.3) is 0 Å². The molecule has 0 rings (SSSR count). The van der Waals surface area contributed by atoms with E-state index >= 15 is 0 Å². The average molecular weight is 200 g/mol. The largest absolute Gasteiger partial charge is 0.370 e. The lowest BCUT2D eigenvalue weighted by atomic mass is 10.0. The summed E-state index contributed by atoms with van der Waals surface area (Å²) in [7, 11) is 0. The van der Waals surface area contributed by atoms with Crippen LogP contribution in [0.1, 0.15) is 52.9 Å². The summed E-state index contributed by atoms with van der Waals surface area (Å²) in [6.45, 7) is 6.38. The summed E-state index contributed by atoms with van der Waals surface area (Å²) in [5.74, 6) is -0.225. The first kappa shape index (κ1) is 13.4. The van der Waals surface area contributed by atoms with Gasteiger partial charge in [0.2, 0.25) is 5.91 Å². The van der Waals surface area contributed by atoms with Crippen LogP contribution in [0.4, 0.5) is 0 Å². The van der Waals surface area contributed by atoms with E-state index in [1.54, 1.807) is 0 Å². The predicted octanol–water partition coefficient (Wildman–Crippen LogP) is 1.81. The van der Waals surface area contributed by atoms with Crippen molar-refractivity contribution in [3.05, 3.63) is 0 Å². The van der Waals surface area contributed by atoms with Gasteiger partial charge in [0.15, 0.2) is 0 Å². The third kappa shape index (κ3) is 6.89. The van der Waals surface area contributed by atoms with E-state index < -0.39 is 0 Å². The fourth-order valence-electron chi connectivity index (χ4n) is 1.77. The summed E-state index contributed by atoms with van der Waals surface area (Å²) < 4.78 is 0. The molecule has 1 amide bonds. The molecule has 0 aromatic rings. The van der Waals surface area contributed by atoms with Gasteiger partial charge in [0.05, 0.1) is 0 Å².